The minimum atomic E-state index is -0.203. The van der Waals surface area contributed by atoms with E-state index in [4.69, 9.17) is 0 Å². The van der Waals surface area contributed by atoms with Gasteiger partial charge in [0.2, 0.25) is 5.95 Å². The maximum atomic E-state index is 12.3. The Labute approximate surface area is 169 Å². The maximum absolute atomic E-state index is 12.3. The number of hydrogen-bond donors (Lipinski definition) is 1. The number of rotatable bonds is 6. The molecular formula is C21H23N7O. The number of hydrogen-bond acceptors (Lipinski definition) is 7. The predicted octanol–water partition coefficient (Wildman–Crippen LogP) is 1.57. The summed E-state index contributed by atoms with van der Waals surface area (Å²) in [6.07, 6.45) is 7.50. The van der Waals surface area contributed by atoms with Crippen LogP contribution in [0.2, 0.25) is 0 Å². The van der Waals surface area contributed by atoms with Crippen LogP contribution in [0.15, 0.2) is 61.2 Å². The van der Waals surface area contributed by atoms with Gasteiger partial charge in [-0.3, -0.25) is 4.79 Å². The summed E-state index contributed by atoms with van der Waals surface area (Å²) in [5.74, 6) is 1.33. The highest BCUT2D eigenvalue weighted by molar-refractivity contribution is 5.92. The van der Waals surface area contributed by atoms with Crippen molar-refractivity contribution in [2.75, 3.05) is 42.5 Å². The predicted molar refractivity (Wildman–Crippen MR) is 111 cm³/mol. The van der Waals surface area contributed by atoms with Gasteiger partial charge in [-0.2, -0.15) is 0 Å². The Morgan fingerprint density at radius 1 is 0.862 bits per heavy atom. The van der Waals surface area contributed by atoms with E-state index in [-0.39, 0.29) is 5.91 Å². The van der Waals surface area contributed by atoms with Crippen molar-refractivity contribution in [2.45, 2.75) is 6.42 Å². The Bertz CT molecular complexity index is 911. The zero-order chi connectivity index (χ0) is 19.9. The number of aromatic nitrogens is 4. The average Bonchev–Trinajstić information content (AvgIpc) is 2.80. The van der Waals surface area contributed by atoms with Crippen molar-refractivity contribution in [2.24, 2.45) is 0 Å². The highest BCUT2D eigenvalue weighted by atomic mass is 16.1. The Morgan fingerprint density at radius 2 is 1.59 bits per heavy atom. The van der Waals surface area contributed by atoms with E-state index in [1.165, 1.54) is 5.56 Å². The van der Waals surface area contributed by atoms with E-state index >= 15 is 0 Å². The van der Waals surface area contributed by atoms with Crippen molar-refractivity contribution in [3.05, 3.63) is 72.4 Å². The van der Waals surface area contributed by atoms with Crippen LogP contribution in [-0.4, -0.2) is 58.6 Å². The first-order valence-electron chi connectivity index (χ1n) is 9.71. The van der Waals surface area contributed by atoms with Crippen LogP contribution in [0.3, 0.4) is 0 Å². The third-order valence-electron chi connectivity index (χ3n) is 4.85. The molecule has 1 fully saturated rings. The third kappa shape index (κ3) is 4.84. The first kappa shape index (κ1) is 18.8. The number of carbonyl (C=O) groups is 1. The Hall–Kier alpha value is -3.55. The van der Waals surface area contributed by atoms with Crippen LogP contribution in [0.25, 0.3) is 0 Å². The lowest BCUT2D eigenvalue weighted by atomic mass is 10.1. The number of nitrogens with one attached hydrogen (secondary N) is 1. The smallest absolute Gasteiger partial charge is 0.271 e. The molecule has 8 nitrogen and oxygen atoms in total. The molecule has 148 valence electrons. The zero-order valence-corrected chi connectivity index (χ0v) is 16.1. The van der Waals surface area contributed by atoms with Crippen LogP contribution in [0, 0.1) is 0 Å². The molecule has 3 heterocycles. The van der Waals surface area contributed by atoms with Gasteiger partial charge >= 0.3 is 0 Å². The fourth-order valence-corrected chi connectivity index (χ4v) is 3.25. The molecule has 0 unspecified atom stereocenters. The molecule has 1 aliphatic heterocycles. The van der Waals surface area contributed by atoms with E-state index in [1.807, 2.05) is 36.4 Å². The summed E-state index contributed by atoms with van der Waals surface area (Å²) in [5, 5.41) is 2.89. The first-order valence-corrected chi connectivity index (χ1v) is 9.71. The summed E-state index contributed by atoms with van der Waals surface area (Å²) < 4.78 is 0. The molecule has 1 aromatic carbocycles. The SMILES string of the molecule is O=C(NCCc1ccccc1)c1cnc(N2CCN(c3ncccn3)CC2)cn1. The van der Waals surface area contributed by atoms with Crippen molar-refractivity contribution in [3.8, 4) is 0 Å². The van der Waals surface area contributed by atoms with Gasteiger partial charge in [0.1, 0.15) is 11.5 Å². The largest absolute Gasteiger partial charge is 0.352 e. The Kier molecular flexibility index (Phi) is 5.89. The van der Waals surface area contributed by atoms with Gasteiger partial charge in [0.15, 0.2) is 0 Å². The van der Waals surface area contributed by atoms with Gasteiger partial charge in [0, 0.05) is 45.1 Å². The molecule has 0 atom stereocenters. The van der Waals surface area contributed by atoms with Crippen molar-refractivity contribution < 1.29 is 4.79 Å². The molecule has 29 heavy (non-hydrogen) atoms. The van der Waals surface area contributed by atoms with Crippen molar-refractivity contribution in [1.82, 2.24) is 25.3 Å². The molecular weight excluding hydrogens is 366 g/mol. The monoisotopic (exact) mass is 389 g/mol. The lowest BCUT2D eigenvalue weighted by Crippen LogP contribution is -2.47. The minimum absolute atomic E-state index is 0.203. The summed E-state index contributed by atoms with van der Waals surface area (Å²) in [6.45, 7) is 3.79. The number of carbonyl (C=O) groups excluding carboxylic acids is 1. The molecule has 1 saturated heterocycles. The Morgan fingerprint density at radius 3 is 2.28 bits per heavy atom. The quantitative estimate of drug-likeness (QED) is 0.685. The summed E-state index contributed by atoms with van der Waals surface area (Å²) >= 11 is 0. The maximum Gasteiger partial charge on any atom is 0.271 e. The number of anilines is 2. The zero-order valence-electron chi connectivity index (χ0n) is 16.1. The second-order valence-corrected chi connectivity index (χ2v) is 6.77. The fourth-order valence-electron chi connectivity index (χ4n) is 3.25. The molecule has 0 radical (unpaired) electrons. The second kappa shape index (κ2) is 9.09. The van der Waals surface area contributed by atoms with Crippen LogP contribution < -0.4 is 15.1 Å². The minimum Gasteiger partial charge on any atom is -0.352 e. The van der Waals surface area contributed by atoms with Crippen LogP contribution in [-0.2, 0) is 6.42 Å². The van der Waals surface area contributed by atoms with Crippen LogP contribution in [0.1, 0.15) is 16.1 Å². The summed E-state index contributed by atoms with van der Waals surface area (Å²) in [7, 11) is 0. The number of nitrogens with zero attached hydrogens (tertiary/aromatic N) is 6. The van der Waals surface area contributed by atoms with Crippen LogP contribution in [0.4, 0.5) is 11.8 Å². The third-order valence-corrected chi connectivity index (χ3v) is 4.85. The topological polar surface area (TPSA) is 87.1 Å². The van der Waals surface area contributed by atoms with Crippen LogP contribution >= 0.6 is 0 Å². The molecule has 3 aromatic rings. The van der Waals surface area contributed by atoms with E-state index < -0.39 is 0 Å². The standard InChI is InChI=1S/C21H23N7O/c29-20(22-10-7-17-5-2-1-3-6-17)18-15-26-19(16-25-18)27-11-13-28(14-12-27)21-23-8-4-9-24-21/h1-6,8-9,15-16H,7,10-14H2,(H,22,29). The molecule has 4 rings (SSSR count). The number of benzene rings is 1. The average molecular weight is 389 g/mol. The molecule has 1 aliphatic rings. The fraction of sp³-hybridized carbons (Fsp3) is 0.286. The normalized spacial score (nSPS) is 13.9. The molecule has 2 aromatic heterocycles. The van der Waals surface area contributed by atoms with Crippen LogP contribution in [0.5, 0.6) is 0 Å². The van der Waals surface area contributed by atoms with Gasteiger partial charge in [-0.15, -0.1) is 0 Å². The lowest BCUT2D eigenvalue weighted by molar-refractivity contribution is 0.0949. The van der Waals surface area contributed by atoms with Gasteiger partial charge in [0.05, 0.1) is 12.4 Å². The van der Waals surface area contributed by atoms with Gasteiger partial charge in [-0.05, 0) is 18.1 Å². The molecule has 0 saturated carbocycles. The van der Waals surface area contributed by atoms with Crippen molar-refractivity contribution in [3.63, 3.8) is 0 Å². The van der Waals surface area contributed by atoms with E-state index in [0.29, 0.717) is 12.2 Å². The molecule has 1 amide bonds. The van der Waals surface area contributed by atoms with Gasteiger partial charge in [-0.1, -0.05) is 30.3 Å². The summed E-state index contributed by atoms with van der Waals surface area (Å²) in [4.78, 5) is 33.9. The summed E-state index contributed by atoms with van der Waals surface area (Å²) in [5.41, 5.74) is 1.52. The van der Waals surface area contributed by atoms with Gasteiger partial charge in [0.25, 0.3) is 5.91 Å². The second-order valence-electron chi connectivity index (χ2n) is 6.77. The number of amides is 1. The molecule has 0 spiro atoms. The lowest BCUT2D eigenvalue weighted by Gasteiger charge is -2.35. The van der Waals surface area contributed by atoms with E-state index in [1.54, 1.807) is 24.8 Å². The van der Waals surface area contributed by atoms with Gasteiger partial charge < -0.3 is 15.1 Å². The van der Waals surface area contributed by atoms with Crippen molar-refractivity contribution >= 4 is 17.7 Å². The first-order chi connectivity index (χ1) is 14.3. The summed E-state index contributed by atoms with van der Waals surface area (Å²) in [6, 6.07) is 11.9. The van der Waals surface area contributed by atoms with E-state index in [9.17, 15) is 4.79 Å². The molecule has 1 N–H and O–H groups in total. The molecule has 0 aliphatic carbocycles. The highest BCUT2D eigenvalue weighted by Gasteiger charge is 2.20. The van der Waals surface area contributed by atoms with E-state index in [0.717, 1.165) is 44.4 Å². The molecule has 0 bridgehead atoms. The molecule has 8 heteroatoms. The van der Waals surface area contributed by atoms with E-state index in [2.05, 4.69) is 35.1 Å². The highest BCUT2D eigenvalue weighted by Crippen LogP contribution is 2.15. The van der Waals surface area contributed by atoms with Gasteiger partial charge in [-0.25, -0.2) is 19.9 Å². The Balaban J connectivity index is 1.27. The van der Waals surface area contributed by atoms with Crippen molar-refractivity contribution in [1.29, 1.82) is 0 Å². The number of piperazine rings is 1.